The number of carbonyl (C=O) groups excluding carboxylic acids is 1. The number of hydrogen-bond donors (Lipinski definition) is 1. The fourth-order valence-corrected chi connectivity index (χ4v) is 4.08. The van der Waals surface area contributed by atoms with E-state index in [2.05, 4.69) is 15.5 Å². The maximum Gasteiger partial charge on any atom is 0.234 e. The van der Waals surface area contributed by atoms with Crippen molar-refractivity contribution in [3.63, 3.8) is 0 Å². The molecular weight excluding hydrogens is 342 g/mol. The molecule has 0 aliphatic heterocycles. The second-order valence-corrected chi connectivity index (χ2v) is 7.64. The van der Waals surface area contributed by atoms with Crippen LogP contribution in [0.3, 0.4) is 0 Å². The van der Waals surface area contributed by atoms with E-state index in [1.165, 1.54) is 23.1 Å². The zero-order valence-electron chi connectivity index (χ0n) is 12.8. The zero-order valence-corrected chi connectivity index (χ0v) is 14.4. The summed E-state index contributed by atoms with van der Waals surface area (Å²) in [4.78, 5) is 12.1. The van der Waals surface area contributed by atoms with Crippen molar-refractivity contribution in [2.75, 3.05) is 11.1 Å². The fourth-order valence-electron chi connectivity index (χ4n) is 2.46. The zero-order chi connectivity index (χ0) is 16.5. The minimum atomic E-state index is -0.0803. The van der Waals surface area contributed by atoms with Crippen LogP contribution in [0.2, 0.25) is 0 Å². The van der Waals surface area contributed by atoms with Gasteiger partial charge in [-0.2, -0.15) is 0 Å². The number of fused-ring (bicyclic) bond motifs is 3. The fraction of sp³-hybridized carbons (Fsp3) is 0.118. The van der Waals surface area contributed by atoms with Gasteiger partial charge in [-0.1, -0.05) is 41.3 Å². The summed E-state index contributed by atoms with van der Waals surface area (Å²) in [6.07, 6.45) is 0. The highest BCUT2D eigenvalue weighted by atomic mass is 32.2. The number of aryl methyl sites for hydroxylation is 1. The van der Waals surface area contributed by atoms with Crippen LogP contribution in [0.15, 0.2) is 51.2 Å². The van der Waals surface area contributed by atoms with Crippen LogP contribution in [-0.4, -0.2) is 21.9 Å². The van der Waals surface area contributed by atoms with Gasteiger partial charge in [-0.15, -0.1) is 10.2 Å². The van der Waals surface area contributed by atoms with Crippen molar-refractivity contribution in [2.24, 2.45) is 0 Å². The predicted molar refractivity (Wildman–Crippen MR) is 97.7 cm³/mol. The van der Waals surface area contributed by atoms with Gasteiger partial charge >= 0.3 is 0 Å². The third-order valence-electron chi connectivity index (χ3n) is 3.50. The van der Waals surface area contributed by atoms with E-state index < -0.39 is 0 Å². The minimum Gasteiger partial charge on any atom is -0.456 e. The average molecular weight is 355 g/mol. The number of benzene rings is 2. The van der Waals surface area contributed by atoms with E-state index in [0.717, 1.165) is 37.0 Å². The molecule has 0 bridgehead atoms. The maximum absolute atomic E-state index is 12.1. The van der Waals surface area contributed by atoms with Crippen molar-refractivity contribution in [1.82, 2.24) is 10.2 Å². The van der Waals surface area contributed by atoms with E-state index in [1.807, 2.05) is 49.4 Å². The third kappa shape index (κ3) is 3.00. The highest BCUT2D eigenvalue weighted by molar-refractivity contribution is 8.01. The lowest BCUT2D eigenvalue weighted by atomic mass is 10.1. The van der Waals surface area contributed by atoms with Crippen LogP contribution < -0.4 is 5.32 Å². The Morgan fingerprint density at radius 1 is 1.17 bits per heavy atom. The van der Waals surface area contributed by atoms with E-state index in [1.54, 1.807) is 0 Å². The molecule has 2 heterocycles. The SMILES string of the molecule is Cc1nnc(SCC(=O)Nc2ccc3c(c2)oc2ccccc23)s1. The third-order valence-corrected chi connectivity index (χ3v) is 5.47. The Hall–Kier alpha value is -2.38. The first kappa shape index (κ1) is 15.2. The number of amides is 1. The van der Waals surface area contributed by atoms with Crippen LogP contribution >= 0.6 is 23.1 Å². The molecule has 0 saturated carbocycles. The molecule has 0 atom stereocenters. The summed E-state index contributed by atoms with van der Waals surface area (Å²) in [5.74, 6) is 0.218. The highest BCUT2D eigenvalue weighted by Crippen LogP contribution is 2.30. The van der Waals surface area contributed by atoms with E-state index in [9.17, 15) is 4.79 Å². The molecule has 0 aliphatic carbocycles. The first-order valence-corrected chi connectivity index (χ1v) is 9.13. The second kappa shape index (κ2) is 6.26. The van der Waals surface area contributed by atoms with Crippen LogP contribution in [0.5, 0.6) is 0 Å². The summed E-state index contributed by atoms with van der Waals surface area (Å²) in [6.45, 7) is 1.89. The Labute approximate surface area is 146 Å². The Morgan fingerprint density at radius 2 is 2.00 bits per heavy atom. The molecule has 4 rings (SSSR count). The number of rotatable bonds is 4. The highest BCUT2D eigenvalue weighted by Gasteiger charge is 2.10. The molecule has 5 nitrogen and oxygen atoms in total. The first-order valence-electron chi connectivity index (χ1n) is 7.33. The maximum atomic E-state index is 12.1. The number of anilines is 1. The topological polar surface area (TPSA) is 68.0 Å². The summed E-state index contributed by atoms with van der Waals surface area (Å²) in [5.41, 5.74) is 2.33. The number of para-hydroxylation sites is 1. The van der Waals surface area contributed by atoms with Crippen LogP contribution in [0.1, 0.15) is 5.01 Å². The van der Waals surface area contributed by atoms with Gasteiger partial charge < -0.3 is 9.73 Å². The predicted octanol–water partition coefficient (Wildman–Crippen LogP) is 4.48. The molecule has 24 heavy (non-hydrogen) atoms. The molecule has 0 spiro atoms. The molecular formula is C17H13N3O2S2. The molecule has 120 valence electrons. The van der Waals surface area contributed by atoms with Gasteiger partial charge in [0.15, 0.2) is 4.34 Å². The lowest BCUT2D eigenvalue weighted by Crippen LogP contribution is -2.13. The summed E-state index contributed by atoms with van der Waals surface area (Å²) in [6, 6.07) is 13.6. The standard InChI is InChI=1S/C17H13N3O2S2/c1-10-19-20-17(24-10)23-9-16(21)18-11-6-7-13-12-4-2-3-5-14(12)22-15(13)8-11/h2-8H,9H2,1H3,(H,18,21). The van der Waals surface area contributed by atoms with Gasteiger partial charge in [-0.25, -0.2) is 0 Å². The Kier molecular flexibility index (Phi) is 3.95. The average Bonchev–Trinajstić information content (AvgIpc) is 3.15. The van der Waals surface area contributed by atoms with Crippen molar-refractivity contribution in [2.45, 2.75) is 11.3 Å². The Bertz CT molecular complexity index is 1040. The Balaban J connectivity index is 1.49. The molecule has 4 aromatic rings. The molecule has 1 amide bonds. The second-order valence-electron chi connectivity index (χ2n) is 5.23. The van der Waals surface area contributed by atoms with Crippen LogP contribution in [0.25, 0.3) is 21.9 Å². The molecule has 7 heteroatoms. The molecule has 0 saturated heterocycles. The van der Waals surface area contributed by atoms with Gasteiger partial charge in [0.05, 0.1) is 5.75 Å². The van der Waals surface area contributed by atoms with Crippen molar-refractivity contribution < 1.29 is 9.21 Å². The number of nitrogens with one attached hydrogen (secondary N) is 1. The van der Waals surface area contributed by atoms with Crippen LogP contribution in [0.4, 0.5) is 5.69 Å². The van der Waals surface area contributed by atoms with Crippen LogP contribution in [-0.2, 0) is 4.79 Å². The minimum absolute atomic E-state index is 0.0803. The lowest BCUT2D eigenvalue weighted by molar-refractivity contribution is -0.113. The van der Waals surface area contributed by atoms with Gasteiger partial charge in [0.25, 0.3) is 0 Å². The van der Waals surface area contributed by atoms with Crippen molar-refractivity contribution in [3.8, 4) is 0 Å². The van der Waals surface area contributed by atoms with E-state index >= 15 is 0 Å². The summed E-state index contributed by atoms with van der Waals surface area (Å²) in [7, 11) is 0. The number of nitrogens with zero attached hydrogens (tertiary/aromatic N) is 2. The molecule has 1 N–H and O–H groups in total. The number of furan rings is 1. The number of carbonyl (C=O) groups is 1. The molecule has 0 unspecified atom stereocenters. The van der Waals surface area contributed by atoms with Gasteiger partial charge in [-0.3, -0.25) is 4.79 Å². The van der Waals surface area contributed by atoms with E-state index in [4.69, 9.17) is 4.42 Å². The van der Waals surface area contributed by atoms with E-state index in [-0.39, 0.29) is 5.91 Å². The van der Waals surface area contributed by atoms with Crippen molar-refractivity contribution in [1.29, 1.82) is 0 Å². The monoisotopic (exact) mass is 355 g/mol. The Morgan fingerprint density at radius 3 is 2.83 bits per heavy atom. The smallest absolute Gasteiger partial charge is 0.234 e. The molecule has 0 radical (unpaired) electrons. The van der Waals surface area contributed by atoms with Gasteiger partial charge in [0, 0.05) is 22.5 Å². The summed E-state index contributed by atoms with van der Waals surface area (Å²) >= 11 is 2.87. The van der Waals surface area contributed by atoms with Crippen molar-refractivity contribution in [3.05, 3.63) is 47.5 Å². The molecule has 0 aliphatic rings. The largest absolute Gasteiger partial charge is 0.456 e. The van der Waals surface area contributed by atoms with Crippen molar-refractivity contribution >= 4 is 56.6 Å². The molecule has 2 aromatic carbocycles. The van der Waals surface area contributed by atoms with Gasteiger partial charge in [-0.05, 0) is 25.1 Å². The normalized spacial score (nSPS) is 11.2. The first-order chi connectivity index (χ1) is 11.7. The summed E-state index contributed by atoms with van der Waals surface area (Å²) < 4.78 is 6.63. The molecule has 2 aromatic heterocycles. The van der Waals surface area contributed by atoms with Gasteiger partial charge in [0.1, 0.15) is 16.2 Å². The lowest BCUT2D eigenvalue weighted by Gasteiger charge is -2.03. The van der Waals surface area contributed by atoms with E-state index in [0.29, 0.717) is 5.75 Å². The van der Waals surface area contributed by atoms with Crippen LogP contribution in [0, 0.1) is 6.92 Å². The number of aromatic nitrogens is 2. The molecule has 0 fully saturated rings. The summed E-state index contributed by atoms with van der Waals surface area (Å²) in [5, 5.41) is 13.8. The number of hydrogen-bond acceptors (Lipinski definition) is 6. The quantitative estimate of drug-likeness (QED) is 0.547. The number of thioether (sulfide) groups is 1. The van der Waals surface area contributed by atoms with Gasteiger partial charge in [0.2, 0.25) is 5.91 Å².